The van der Waals surface area contributed by atoms with Crippen molar-refractivity contribution in [1.29, 1.82) is 0 Å². The predicted octanol–water partition coefficient (Wildman–Crippen LogP) is 2.30. The Labute approximate surface area is 99.7 Å². The van der Waals surface area contributed by atoms with Gasteiger partial charge in [-0.3, -0.25) is 9.78 Å². The van der Waals surface area contributed by atoms with Crippen LogP contribution in [0.15, 0.2) is 36.5 Å². The SMILES string of the molecule is NC1(C(=O)c2ccc3cccnc3c2)CCC1. The molecule has 2 N–H and O–H groups in total. The van der Waals surface area contributed by atoms with Gasteiger partial charge in [-0.2, -0.15) is 0 Å². The molecular weight excluding hydrogens is 212 g/mol. The number of pyridine rings is 1. The van der Waals surface area contributed by atoms with Gasteiger partial charge in [0.15, 0.2) is 5.78 Å². The molecule has 3 nitrogen and oxygen atoms in total. The topological polar surface area (TPSA) is 56.0 Å². The van der Waals surface area contributed by atoms with E-state index in [0.29, 0.717) is 5.56 Å². The summed E-state index contributed by atoms with van der Waals surface area (Å²) in [6.45, 7) is 0. The number of hydrogen-bond acceptors (Lipinski definition) is 3. The average molecular weight is 226 g/mol. The highest BCUT2D eigenvalue weighted by atomic mass is 16.1. The second-order valence-electron chi connectivity index (χ2n) is 4.75. The van der Waals surface area contributed by atoms with E-state index in [9.17, 15) is 4.79 Å². The number of aromatic nitrogens is 1. The van der Waals surface area contributed by atoms with Gasteiger partial charge >= 0.3 is 0 Å². The van der Waals surface area contributed by atoms with E-state index < -0.39 is 5.54 Å². The minimum absolute atomic E-state index is 0.0521. The van der Waals surface area contributed by atoms with Gasteiger partial charge in [0.2, 0.25) is 0 Å². The number of ketones is 1. The fourth-order valence-electron chi connectivity index (χ4n) is 2.28. The van der Waals surface area contributed by atoms with Crippen LogP contribution in [0, 0.1) is 0 Å². The summed E-state index contributed by atoms with van der Waals surface area (Å²) in [4.78, 5) is 16.5. The summed E-state index contributed by atoms with van der Waals surface area (Å²) in [6.07, 6.45) is 4.38. The van der Waals surface area contributed by atoms with E-state index in [1.807, 2.05) is 30.3 Å². The molecule has 0 atom stereocenters. The van der Waals surface area contributed by atoms with Crippen molar-refractivity contribution in [3.8, 4) is 0 Å². The molecule has 0 bridgehead atoms. The maximum atomic E-state index is 12.2. The van der Waals surface area contributed by atoms with Gasteiger partial charge in [0.1, 0.15) is 0 Å². The van der Waals surface area contributed by atoms with Gasteiger partial charge in [-0.05, 0) is 31.4 Å². The number of rotatable bonds is 2. The zero-order valence-corrected chi connectivity index (χ0v) is 9.52. The van der Waals surface area contributed by atoms with E-state index in [-0.39, 0.29) is 5.78 Å². The quantitative estimate of drug-likeness (QED) is 0.799. The minimum atomic E-state index is -0.623. The third-order valence-corrected chi connectivity index (χ3v) is 3.57. The summed E-state index contributed by atoms with van der Waals surface area (Å²) in [6, 6.07) is 9.49. The molecule has 3 heteroatoms. The van der Waals surface area contributed by atoms with E-state index in [0.717, 1.165) is 30.2 Å². The van der Waals surface area contributed by atoms with Crippen molar-refractivity contribution in [2.24, 2.45) is 5.73 Å². The molecule has 1 saturated carbocycles. The maximum Gasteiger partial charge on any atom is 0.182 e. The summed E-state index contributed by atoms with van der Waals surface area (Å²) in [7, 11) is 0. The molecular formula is C14H14N2O. The second-order valence-corrected chi connectivity index (χ2v) is 4.75. The largest absolute Gasteiger partial charge is 0.319 e. The van der Waals surface area contributed by atoms with Crippen LogP contribution in [0.5, 0.6) is 0 Å². The molecule has 0 radical (unpaired) electrons. The van der Waals surface area contributed by atoms with E-state index in [4.69, 9.17) is 5.73 Å². The molecule has 17 heavy (non-hydrogen) atoms. The number of benzene rings is 1. The Hall–Kier alpha value is -1.74. The van der Waals surface area contributed by atoms with Gasteiger partial charge in [0.25, 0.3) is 0 Å². The fourth-order valence-corrected chi connectivity index (χ4v) is 2.28. The van der Waals surface area contributed by atoms with Crippen molar-refractivity contribution in [2.75, 3.05) is 0 Å². The van der Waals surface area contributed by atoms with Crippen LogP contribution in [0.3, 0.4) is 0 Å². The van der Waals surface area contributed by atoms with Crippen LogP contribution in [0.25, 0.3) is 10.9 Å². The maximum absolute atomic E-state index is 12.2. The second kappa shape index (κ2) is 3.64. The fraction of sp³-hybridized carbons (Fsp3) is 0.286. The van der Waals surface area contributed by atoms with Crippen LogP contribution in [0.1, 0.15) is 29.6 Å². The number of carbonyl (C=O) groups excluding carboxylic acids is 1. The molecule has 1 heterocycles. The standard InChI is InChI=1S/C14H14N2O/c15-14(6-2-7-14)13(17)11-5-4-10-3-1-8-16-12(10)9-11/h1,3-5,8-9H,2,6-7,15H2. The van der Waals surface area contributed by atoms with Crippen LogP contribution >= 0.6 is 0 Å². The third-order valence-electron chi connectivity index (χ3n) is 3.57. The first-order valence-corrected chi connectivity index (χ1v) is 5.88. The molecule has 0 unspecified atom stereocenters. The summed E-state index contributed by atoms with van der Waals surface area (Å²) < 4.78 is 0. The molecule has 0 saturated heterocycles. The lowest BCUT2D eigenvalue weighted by molar-refractivity contribution is 0.0801. The normalized spacial score (nSPS) is 17.7. The lowest BCUT2D eigenvalue weighted by Gasteiger charge is -2.36. The Morgan fingerprint density at radius 1 is 1.29 bits per heavy atom. The molecule has 0 spiro atoms. The Morgan fingerprint density at radius 3 is 2.82 bits per heavy atom. The van der Waals surface area contributed by atoms with Crippen LogP contribution in [-0.2, 0) is 0 Å². The number of Topliss-reactive ketones (excluding diaryl/α,β-unsaturated/α-hetero) is 1. The lowest BCUT2D eigenvalue weighted by Crippen LogP contribution is -2.53. The van der Waals surface area contributed by atoms with E-state index in [1.165, 1.54) is 0 Å². The molecule has 1 aromatic carbocycles. The molecule has 86 valence electrons. The molecule has 2 aromatic rings. The Morgan fingerprint density at radius 2 is 2.12 bits per heavy atom. The van der Waals surface area contributed by atoms with Crippen molar-refractivity contribution in [2.45, 2.75) is 24.8 Å². The molecule has 0 aliphatic heterocycles. The summed E-state index contributed by atoms with van der Waals surface area (Å²) in [5, 5.41) is 1.05. The third kappa shape index (κ3) is 1.63. The molecule has 1 fully saturated rings. The smallest absolute Gasteiger partial charge is 0.182 e. The number of fused-ring (bicyclic) bond motifs is 1. The van der Waals surface area contributed by atoms with Crippen molar-refractivity contribution in [3.05, 3.63) is 42.1 Å². The highest BCUT2D eigenvalue weighted by molar-refractivity contribution is 6.05. The van der Waals surface area contributed by atoms with Crippen LogP contribution < -0.4 is 5.73 Å². The van der Waals surface area contributed by atoms with Crippen LogP contribution in [0.4, 0.5) is 0 Å². The van der Waals surface area contributed by atoms with Crippen LogP contribution in [0.2, 0.25) is 0 Å². The van der Waals surface area contributed by atoms with Gasteiger partial charge in [0.05, 0.1) is 11.1 Å². The lowest BCUT2D eigenvalue weighted by atomic mass is 9.73. The van der Waals surface area contributed by atoms with Gasteiger partial charge in [-0.1, -0.05) is 18.2 Å². The molecule has 3 rings (SSSR count). The first kappa shape index (κ1) is 10.4. The monoisotopic (exact) mass is 226 g/mol. The Bertz CT molecular complexity index is 588. The van der Waals surface area contributed by atoms with Gasteiger partial charge in [-0.25, -0.2) is 0 Å². The van der Waals surface area contributed by atoms with Crippen molar-refractivity contribution in [3.63, 3.8) is 0 Å². The molecule has 0 amide bonds. The summed E-state index contributed by atoms with van der Waals surface area (Å²) >= 11 is 0. The predicted molar refractivity (Wildman–Crippen MR) is 66.8 cm³/mol. The zero-order valence-electron chi connectivity index (χ0n) is 9.52. The van der Waals surface area contributed by atoms with Gasteiger partial charge in [0, 0.05) is 17.1 Å². The summed E-state index contributed by atoms with van der Waals surface area (Å²) in [5.74, 6) is 0.0521. The highest BCUT2D eigenvalue weighted by Crippen LogP contribution is 2.32. The summed E-state index contributed by atoms with van der Waals surface area (Å²) in [5.41, 5.74) is 6.96. The van der Waals surface area contributed by atoms with E-state index in [2.05, 4.69) is 4.98 Å². The van der Waals surface area contributed by atoms with E-state index >= 15 is 0 Å². The first-order chi connectivity index (χ1) is 8.19. The van der Waals surface area contributed by atoms with Crippen molar-refractivity contribution < 1.29 is 4.79 Å². The molecule has 1 aromatic heterocycles. The first-order valence-electron chi connectivity index (χ1n) is 5.88. The van der Waals surface area contributed by atoms with Crippen molar-refractivity contribution in [1.82, 2.24) is 4.98 Å². The van der Waals surface area contributed by atoms with Crippen LogP contribution in [-0.4, -0.2) is 16.3 Å². The zero-order chi connectivity index (χ0) is 11.9. The van der Waals surface area contributed by atoms with E-state index in [1.54, 1.807) is 6.20 Å². The number of carbonyl (C=O) groups is 1. The average Bonchev–Trinajstić information content (AvgIpc) is 2.34. The Balaban J connectivity index is 2.03. The molecule has 1 aliphatic carbocycles. The molecule has 1 aliphatic rings. The Kier molecular flexibility index (Phi) is 2.23. The minimum Gasteiger partial charge on any atom is -0.319 e. The number of nitrogens with zero attached hydrogens (tertiary/aromatic N) is 1. The number of hydrogen-bond donors (Lipinski definition) is 1. The highest BCUT2D eigenvalue weighted by Gasteiger charge is 2.40. The number of nitrogens with two attached hydrogens (primary N) is 1. The van der Waals surface area contributed by atoms with Gasteiger partial charge < -0.3 is 5.73 Å². The van der Waals surface area contributed by atoms with Gasteiger partial charge in [-0.15, -0.1) is 0 Å². The van der Waals surface area contributed by atoms with Crippen molar-refractivity contribution >= 4 is 16.7 Å².